The highest BCUT2D eigenvalue weighted by Gasteiger charge is 2.34. The van der Waals surface area contributed by atoms with Crippen LogP contribution in [0.2, 0.25) is 0 Å². The summed E-state index contributed by atoms with van der Waals surface area (Å²) in [5, 5.41) is 12.8. The van der Waals surface area contributed by atoms with Crippen molar-refractivity contribution in [1.29, 1.82) is 0 Å². The van der Waals surface area contributed by atoms with Crippen LogP contribution in [0.5, 0.6) is 0 Å². The molecule has 108 valence electrons. The lowest BCUT2D eigenvalue weighted by Gasteiger charge is -2.40. The zero-order valence-corrected chi connectivity index (χ0v) is 12.3. The second kappa shape index (κ2) is 5.11. The third-order valence-corrected chi connectivity index (χ3v) is 5.05. The summed E-state index contributed by atoms with van der Waals surface area (Å²) in [5.41, 5.74) is 1.19. The Bertz CT molecular complexity index is 653. The summed E-state index contributed by atoms with van der Waals surface area (Å²) < 4.78 is 0. The van der Waals surface area contributed by atoms with Crippen LogP contribution in [-0.4, -0.2) is 27.7 Å². The molecule has 1 aromatic carbocycles. The van der Waals surface area contributed by atoms with Crippen LogP contribution in [0.3, 0.4) is 0 Å². The number of hydrogen-bond acceptors (Lipinski definition) is 4. The van der Waals surface area contributed by atoms with Crippen LogP contribution in [0.25, 0.3) is 0 Å². The minimum Gasteiger partial charge on any atom is -0.317 e. The number of carbonyl (C=O) groups excluding carboxylic acids is 1. The largest absolute Gasteiger partial charge is 0.324 e. The zero-order valence-electron chi connectivity index (χ0n) is 11.5. The highest BCUT2D eigenvalue weighted by atomic mass is 32.1. The number of urea groups is 1. The summed E-state index contributed by atoms with van der Waals surface area (Å²) in [5.74, 6) is 0.578. The number of rotatable bonds is 3. The van der Waals surface area contributed by atoms with Crippen molar-refractivity contribution in [3.8, 4) is 0 Å². The van der Waals surface area contributed by atoms with E-state index in [1.165, 1.54) is 29.7 Å². The molecule has 0 spiro atoms. The molecule has 2 aliphatic rings. The number of nitrogens with zero attached hydrogens (tertiary/aromatic N) is 3. The highest BCUT2D eigenvalue weighted by molar-refractivity contribution is 7.15. The standard InChI is InChI=1S/C15H16N4OS/c20-15(16-14-18-17-13(21-14)11-6-7-11)19-9-8-12(19)10-4-2-1-3-5-10/h1-5,11-12H,6-9H2,(H,16,18,20)/t12-/m1/s1. The molecule has 1 saturated heterocycles. The predicted molar refractivity (Wildman–Crippen MR) is 81.4 cm³/mol. The Balaban J connectivity index is 1.42. The van der Waals surface area contributed by atoms with Crippen LogP contribution in [0.15, 0.2) is 30.3 Å². The van der Waals surface area contributed by atoms with Gasteiger partial charge in [0.1, 0.15) is 5.01 Å². The first kappa shape index (κ1) is 12.8. The number of anilines is 1. The number of nitrogens with one attached hydrogen (secondary N) is 1. The lowest BCUT2D eigenvalue weighted by atomic mass is 9.95. The SMILES string of the molecule is O=C(Nc1nnc(C2CC2)s1)N1CC[C@@H]1c1ccccc1. The van der Waals surface area contributed by atoms with E-state index in [4.69, 9.17) is 0 Å². The Morgan fingerprint density at radius 3 is 2.67 bits per heavy atom. The van der Waals surface area contributed by atoms with Crippen molar-refractivity contribution in [2.45, 2.75) is 31.2 Å². The van der Waals surface area contributed by atoms with E-state index in [2.05, 4.69) is 27.6 Å². The van der Waals surface area contributed by atoms with E-state index in [0.717, 1.165) is 18.0 Å². The highest BCUT2D eigenvalue weighted by Crippen LogP contribution is 2.42. The van der Waals surface area contributed by atoms with Crippen molar-refractivity contribution >= 4 is 22.5 Å². The molecule has 5 nitrogen and oxygen atoms in total. The average molecular weight is 300 g/mol. The van der Waals surface area contributed by atoms with Crippen LogP contribution in [0.4, 0.5) is 9.93 Å². The molecule has 1 aliphatic heterocycles. The third kappa shape index (κ3) is 2.51. The van der Waals surface area contributed by atoms with Crippen LogP contribution >= 0.6 is 11.3 Å². The Labute approximate surface area is 127 Å². The maximum Gasteiger partial charge on any atom is 0.324 e. The number of likely N-dealkylation sites (tertiary alicyclic amines) is 1. The summed E-state index contributed by atoms with van der Waals surface area (Å²) in [4.78, 5) is 14.2. The molecule has 4 rings (SSSR count). The summed E-state index contributed by atoms with van der Waals surface area (Å²) in [7, 11) is 0. The van der Waals surface area contributed by atoms with E-state index in [9.17, 15) is 4.79 Å². The van der Waals surface area contributed by atoms with Gasteiger partial charge in [0, 0.05) is 12.5 Å². The smallest absolute Gasteiger partial charge is 0.317 e. The molecule has 2 heterocycles. The first-order valence-corrected chi connectivity index (χ1v) is 8.09. The molecule has 21 heavy (non-hydrogen) atoms. The molecule has 1 aliphatic carbocycles. The van der Waals surface area contributed by atoms with E-state index >= 15 is 0 Å². The summed E-state index contributed by atoms with van der Waals surface area (Å²) in [6, 6.07) is 10.3. The second-order valence-electron chi connectivity index (χ2n) is 5.56. The lowest BCUT2D eigenvalue weighted by Crippen LogP contribution is -2.47. The summed E-state index contributed by atoms with van der Waals surface area (Å²) in [6.07, 6.45) is 3.41. The first-order valence-electron chi connectivity index (χ1n) is 7.27. The van der Waals surface area contributed by atoms with E-state index in [1.807, 2.05) is 23.1 Å². The molecule has 0 radical (unpaired) electrons. The molecule has 2 amide bonds. The molecule has 6 heteroatoms. The first-order chi connectivity index (χ1) is 10.3. The number of hydrogen-bond donors (Lipinski definition) is 1. The van der Waals surface area contributed by atoms with Gasteiger partial charge in [0.2, 0.25) is 5.13 Å². The fourth-order valence-electron chi connectivity index (χ4n) is 2.60. The van der Waals surface area contributed by atoms with Crippen molar-refractivity contribution in [3.05, 3.63) is 40.9 Å². The van der Waals surface area contributed by atoms with Gasteiger partial charge < -0.3 is 4.90 Å². The number of benzene rings is 1. The Morgan fingerprint density at radius 2 is 2.00 bits per heavy atom. The van der Waals surface area contributed by atoms with Gasteiger partial charge in [-0.25, -0.2) is 4.79 Å². The van der Waals surface area contributed by atoms with Gasteiger partial charge in [-0.15, -0.1) is 10.2 Å². The minimum absolute atomic E-state index is 0.0754. The van der Waals surface area contributed by atoms with Crippen molar-refractivity contribution in [3.63, 3.8) is 0 Å². The van der Waals surface area contributed by atoms with Crippen LogP contribution in [0, 0.1) is 0 Å². The predicted octanol–water partition coefficient (Wildman–Crippen LogP) is 3.39. The summed E-state index contributed by atoms with van der Waals surface area (Å²) in [6.45, 7) is 0.791. The van der Waals surface area contributed by atoms with E-state index in [0.29, 0.717) is 11.0 Å². The fraction of sp³-hybridized carbons (Fsp3) is 0.400. The molecule has 2 aromatic rings. The quantitative estimate of drug-likeness (QED) is 0.945. The van der Waals surface area contributed by atoms with Crippen LogP contribution in [-0.2, 0) is 0 Å². The van der Waals surface area contributed by atoms with Gasteiger partial charge in [-0.2, -0.15) is 0 Å². The van der Waals surface area contributed by atoms with Gasteiger partial charge >= 0.3 is 6.03 Å². The zero-order chi connectivity index (χ0) is 14.2. The van der Waals surface area contributed by atoms with Crippen molar-refractivity contribution in [2.75, 3.05) is 11.9 Å². The van der Waals surface area contributed by atoms with Gasteiger partial charge in [-0.05, 0) is 24.8 Å². The fourth-order valence-corrected chi connectivity index (χ4v) is 3.50. The Hall–Kier alpha value is -1.95. The summed E-state index contributed by atoms with van der Waals surface area (Å²) >= 11 is 1.50. The van der Waals surface area contributed by atoms with Crippen LogP contribution < -0.4 is 5.32 Å². The Morgan fingerprint density at radius 1 is 1.19 bits per heavy atom. The number of amides is 2. The number of carbonyl (C=O) groups is 1. The third-order valence-electron chi connectivity index (χ3n) is 4.05. The Kier molecular flexibility index (Phi) is 3.11. The van der Waals surface area contributed by atoms with Gasteiger partial charge in [0.25, 0.3) is 0 Å². The van der Waals surface area contributed by atoms with Gasteiger partial charge in [0.15, 0.2) is 0 Å². The molecular weight excluding hydrogens is 284 g/mol. The number of aromatic nitrogens is 2. The monoisotopic (exact) mass is 300 g/mol. The molecule has 1 aromatic heterocycles. The van der Waals surface area contributed by atoms with Gasteiger partial charge in [-0.1, -0.05) is 41.7 Å². The van der Waals surface area contributed by atoms with Crippen LogP contribution in [0.1, 0.15) is 41.8 Å². The van der Waals surface area contributed by atoms with Gasteiger partial charge in [-0.3, -0.25) is 5.32 Å². The lowest BCUT2D eigenvalue weighted by molar-refractivity contribution is 0.126. The molecule has 0 bridgehead atoms. The molecule has 1 N–H and O–H groups in total. The van der Waals surface area contributed by atoms with E-state index in [-0.39, 0.29) is 12.1 Å². The van der Waals surface area contributed by atoms with E-state index < -0.39 is 0 Å². The second-order valence-corrected chi connectivity index (χ2v) is 6.57. The molecular formula is C15H16N4OS. The average Bonchev–Trinajstić information content (AvgIpc) is 3.20. The van der Waals surface area contributed by atoms with Crippen molar-refractivity contribution in [1.82, 2.24) is 15.1 Å². The molecule has 0 unspecified atom stereocenters. The molecule has 1 saturated carbocycles. The molecule has 2 fully saturated rings. The minimum atomic E-state index is -0.0754. The van der Waals surface area contributed by atoms with Gasteiger partial charge in [0.05, 0.1) is 6.04 Å². The van der Waals surface area contributed by atoms with Crippen molar-refractivity contribution < 1.29 is 4.79 Å². The van der Waals surface area contributed by atoms with Crippen molar-refractivity contribution in [2.24, 2.45) is 0 Å². The molecule has 1 atom stereocenters. The maximum absolute atomic E-state index is 12.3. The maximum atomic E-state index is 12.3. The normalized spacial score (nSPS) is 21.0. The topological polar surface area (TPSA) is 58.1 Å². The van der Waals surface area contributed by atoms with E-state index in [1.54, 1.807) is 0 Å².